The molecule has 1 atom stereocenters. The van der Waals surface area contributed by atoms with Gasteiger partial charge in [-0.25, -0.2) is 0 Å². The summed E-state index contributed by atoms with van der Waals surface area (Å²) in [6.07, 6.45) is 6.73. The highest BCUT2D eigenvalue weighted by Gasteiger charge is 2.60. The van der Waals surface area contributed by atoms with Crippen LogP contribution in [0, 0.1) is 5.41 Å². The van der Waals surface area contributed by atoms with Crippen molar-refractivity contribution in [3.05, 3.63) is 0 Å². The normalized spacial score (nSPS) is 39.8. The molecule has 0 aliphatic heterocycles. The van der Waals surface area contributed by atoms with Crippen LogP contribution in [0.25, 0.3) is 0 Å². The zero-order valence-electron chi connectivity index (χ0n) is 6.97. The van der Waals surface area contributed by atoms with E-state index in [0.29, 0.717) is 12.0 Å². The maximum absolute atomic E-state index is 10.2. The minimum Gasteiger partial charge on any atom is -0.389 e. The fraction of sp³-hybridized carbons (Fsp3) is 1.00. The van der Waals surface area contributed by atoms with Gasteiger partial charge in [-0.15, -0.1) is 0 Å². The fourth-order valence-corrected chi connectivity index (χ4v) is 2.71. The monoisotopic (exact) mass is 155 g/mol. The molecule has 11 heavy (non-hydrogen) atoms. The van der Waals surface area contributed by atoms with Crippen LogP contribution < -0.4 is 5.73 Å². The van der Waals surface area contributed by atoms with Gasteiger partial charge in [-0.05, 0) is 50.5 Å². The summed E-state index contributed by atoms with van der Waals surface area (Å²) < 4.78 is 0. The molecule has 0 bridgehead atoms. The molecule has 0 aromatic rings. The molecular formula is C9H17NO. The molecule has 2 heteroatoms. The van der Waals surface area contributed by atoms with Crippen molar-refractivity contribution in [2.75, 3.05) is 6.54 Å². The smallest absolute Gasteiger partial charge is 0.0715 e. The van der Waals surface area contributed by atoms with Gasteiger partial charge >= 0.3 is 0 Å². The van der Waals surface area contributed by atoms with Gasteiger partial charge in [-0.3, -0.25) is 0 Å². The van der Waals surface area contributed by atoms with E-state index in [1.54, 1.807) is 0 Å². The topological polar surface area (TPSA) is 46.2 Å². The first-order valence-electron chi connectivity index (χ1n) is 4.65. The van der Waals surface area contributed by atoms with E-state index in [-0.39, 0.29) is 5.60 Å². The molecule has 0 saturated heterocycles. The number of rotatable bonds is 2. The molecule has 2 aliphatic carbocycles. The molecule has 0 aromatic carbocycles. The van der Waals surface area contributed by atoms with Crippen LogP contribution in [0.5, 0.6) is 0 Å². The second-order valence-electron chi connectivity index (χ2n) is 4.20. The number of nitrogens with two attached hydrogens (primary N) is 1. The summed E-state index contributed by atoms with van der Waals surface area (Å²) in [5.74, 6) is 0. The van der Waals surface area contributed by atoms with Gasteiger partial charge in [0.05, 0.1) is 5.60 Å². The van der Waals surface area contributed by atoms with Crippen molar-refractivity contribution in [2.45, 2.75) is 44.1 Å². The molecule has 1 spiro atoms. The summed E-state index contributed by atoms with van der Waals surface area (Å²) in [5, 5.41) is 10.2. The van der Waals surface area contributed by atoms with Crippen LogP contribution in [0.4, 0.5) is 0 Å². The van der Waals surface area contributed by atoms with E-state index < -0.39 is 0 Å². The van der Waals surface area contributed by atoms with Gasteiger partial charge in [0.25, 0.3) is 0 Å². The Hall–Kier alpha value is -0.0800. The summed E-state index contributed by atoms with van der Waals surface area (Å²) >= 11 is 0. The average molecular weight is 155 g/mol. The molecule has 0 aromatic heterocycles. The Labute approximate surface area is 67.8 Å². The molecule has 2 fully saturated rings. The van der Waals surface area contributed by atoms with Crippen molar-refractivity contribution < 1.29 is 5.11 Å². The van der Waals surface area contributed by atoms with Gasteiger partial charge in [0.2, 0.25) is 0 Å². The highest BCUT2D eigenvalue weighted by Crippen LogP contribution is 2.64. The first kappa shape index (κ1) is 7.56. The van der Waals surface area contributed by atoms with Crippen molar-refractivity contribution in [1.82, 2.24) is 0 Å². The first-order chi connectivity index (χ1) is 5.22. The third-order valence-corrected chi connectivity index (χ3v) is 3.64. The second kappa shape index (κ2) is 2.20. The van der Waals surface area contributed by atoms with E-state index in [2.05, 4.69) is 0 Å². The second-order valence-corrected chi connectivity index (χ2v) is 4.20. The van der Waals surface area contributed by atoms with Gasteiger partial charge in [0, 0.05) is 0 Å². The molecule has 2 nitrogen and oxygen atoms in total. The standard InChI is InChI=1S/C9H17NO/c10-7-6-9(11)3-1-2-8(9)4-5-8/h11H,1-7,10H2. The molecule has 2 saturated carbocycles. The number of hydrogen-bond donors (Lipinski definition) is 2. The zero-order chi connectivity index (χ0) is 7.95. The molecule has 0 heterocycles. The number of hydrogen-bond acceptors (Lipinski definition) is 2. The first-order valence-corrected chi connectivity index (χ1v) is 4.65. The van der Waals surface area contributed by atoms with E-state index in [0.717, 1.165) is 12.8 Å². The van der Waals surface area contributed by atoms with Crippen LogP contribution in [-0.2, 0) is 0 Å². The molecule has 3 N–H and O–H groups in total. The molecule has 1 unspecified atom stereocenters. The van der Waals surface area contributed by atoms with E-state index in [1.165, 1.54) is 25.7 Å². The van der Waals surface area contributed by atoms with Crippen LogP contribution >= 0.6 is 0 Å². The van der Waals surface area contributed by atoms with E-state index in [4.69, 9.17) is 5.73 Å². The Balaban J connectivity index is 2.10. The Morgan fingerprint density at radius 3 is 2.45 bits per heavy atom. The molecular weight excluding hydrogens is 138 g/mol. The van der Waals surface area contributed by atoms with Crippen molar-refractivity contribution in [2.24, 2.45) is 11.1 Å². The van der Waals surface area contributed by atoms with E-state index in [1.807, 2.05) is 0 Å². The quantitative estimate of drug-likeness (QED) is 0.625. The van der Waals surface area contributed by atoms with Crippen molar-refractivity contribution in [1.29, 1.82) is 0 Å². The summed E-state index contributed by atoms with van der Waals surface area (Å²) in [6, 6.07) is 0. The van der Waals surface area contributed by atoms with Gasteiger partial charge in [0.15, 0.2) is 0 Å². The van der Waals surface area contributed by atoms with Crippen molar-refractivity contribution in [3.8, 4) is 0 Å². The van der Waals surface area contributed by atoms with Crippen LogP contribution in [0.15, 0.2) is 0 Å². The lowest BCUT2D eigenvalue weighted by Crippen LogP contribution is -2.36. The van der Waals surface area contributed by atoms with Crippen LogP contribution in [-0.4, -0.2) is 17.3 Å². The van der Waals surface area contributed by atoms with Crippen LogP contribution in [0.3, 0.4) is 0 Å². The SMILES string of the molecule is NCCC1(O)CCCC12CC2. The lowest BCUT2D eigenvalue weighted by Gasteiger charge is -2.29. The summed E-state index contributed by atoms with van der Waals surface area (Å²) in [4.78, 5) is 0. The minimum atomic E-state index is -0.373. The van der Waals surface area contributed by atoms with Gasteiger partial charge < -0.3 is 10.8 Å². The maximum Gasteiger partial charge on any atom is 0.0715 e. The average Bonchev–Trinajstić information content (AvgIpc) is 2.63. The third-order valence-electron chi connectivity index (χ3n) is 3.64. The Kier molecular flexibility index (Phi) is 1.52. The highest BCUT2D eigenvalue weighted by molar-refractivity contribution is 5.11. The van der Waals surface area contributed by atoms with Crippen molar-refractivity contribution >= 4 is 0 Å². The minimum absolute atomic E-state index is 0.326. The zero-order valence-corrected chi connectivity index (χ0v) is 6.97. The van der Waals surface area contributed by atoms with Crippen LogP contribution in [0.1, 0.15) is 38.5 Å². The van der Waals surface area contributed by atoms with Crippen molar-refractivity contribution in [3.63, 3.8) is 0 Å². The summed E-state index contributed by atoms with van der Waals surface area (Å²) in [6.45, 7) is 0.637. The molecule has 2 aliphatic rings. The number of aliphatic hydroxyl groups is 1. The lowest BCUT2D eigenvalue weighted by molar-refractivity contribution is -0.0159. The fourth-order valence-electron chi connectivity index (χ4n) is 2.71. The van der Waals surface area contributed by atoms with Gasteiger partial charge in [-0.2, -0.15) is 0 Å². The Bertz CT molecular complexity index is 165. The lowest BCUT2D eigenvalue weighted by atomic mass is 9.85. The largest absolute Gasteiger partial charge is 0.389 e. The summed E-state index contributed by atoms with van der Waals surface area (Å²) in [5.41, 5.74) is 5.43. The maximum atomic E-state index is 10.2. The predicted octanol–water partition coefficient (Wildman–Crippen LogP) is 1.03. The van der Waals surface area contributed by atoms with Crippen LogP contribution in [0.2, 0.25) is 0 Å². The summed E-state index contributed by atoms with van der Waals surface area (Å²) in [7, 11) is 0. The molecule has 2 rings (SSSR count). The van der Waals surface area contributed by atoms with Gasteiger partial charge in [0.1, 0.15) is 0 Å². The van der Waals surface area contributed by atoms with Gasteiger partial charge in [-0.1, -0.05) is 0 Å². The molecule has 0 amide bonds. The third kappa shape index (κ3) is 0.926. The van der Waals surface area contributed by atoms with E-state index >= 15 is 0 Å². The van der Waals surface area contributed by atoms with E-state index in [9.17, 15) is 5.11 Å². The highest BCUT2D eigenvalue weighted by atomic mass is 16.3. The molecule has 64 valence electrons. The Morgan fingerprint density at radius 2 is 1.91 bits per heavy atom. The predicted molar refractivity (Wildman–Crippen MR) is 44.1 cm³/mol. The Morgan fingerprint density at radius 1 is 1.18 bits per heavy atom. The molecule has 0 radical (unpaired) electrons.